The molecule has 4 nitrogen and oxygen atoms in total. The van der Waals surface area contributed by atoms with Gasteiger partial charge in [0.05, 0.1) is 0 Å². The van der Waals surface area contributed by atoms with E-state index in [-0.39, 0.29) is 11.8 Å². The van der Waals surface area contributed by atoms with Crippen LogP contribution in [-0.4, -0.2) is 29.3 Å². The van der Waals surface area contributed by atoms with E-state index in [0.29, 0.717) is 25.9 Å². The monoisotopic (exact) mass is 394 g/mol. The summed E-state index contributed by atoms with van der Waals surface area (Å²) < 4.78 is 0. The molecule has 2 rings (SSSR count). The summed E-state index contributed by atoms with van der Waals surface area (Å²) in [7, 11) is 0. The molecule has 0 aromatic heterocycles. The van der Waals surface area contributed by atoms with Gasteiger partial charge in [-0.25, -0.2) is 0 Å². The molecule has 0 aliphatic heterocycles. The van der Waals surface area contributed by atoms with Crippen LogP contribution in [0.3, 0.4) is 0 Å². The van der Waals surface area contributed by atoms with Crippen LogP contribution < -0.4 is 5.32 Å². The Morgan fingerprint density at radius 1 is 1.03 bits per heavy atom. The standard InChI is InChI=1S/C25H34N2O2/c1-5-6-17-26-25(29)21(4)27(18-23-10-8-7-9-20(23)3)24(28)16-15-22-13-11-19(2)12-14-22/h7-14,21H,5-6,15-18H2,1-4H3,(H,26,29). The second-order valence-electron chi connectivity index (χ2n) is 7.75. The first kappa shape index (κ1) is 22.7. The Bertz CT molecular complexity index is 799. The highest BCUT2D eigenvalue weighted by Gasteiger charge is 2.26. The number of nitrogens with one attached hydrogen (secondary N) is 1. The second-order valence-corrected chi connectivity index (χ2v) is 7.75. The minimum absolute atomic E-state index is 0.00645. The van der Waals surface area contributed by atoms with Crippen molar-refractivity contribution in [2.75, 3.05) is 6.54 Å². The fraction of sp³-hybridized carbons (Fsp3) is 0.440. The third-order valence-corrected chi connectivity index (χ3v) is 5.35. The van der Waals surface area contributed by atoms with Gasteiger partial charge in [-0.05, 0) is 50.3 Å². The normalized spacial score (nSPS) is 11.7. The molecule has 0 saturated heterocycles. The number of hydrogen-bond acceptors (Lipinski definition) is 2. The number of hydrogen-bond donors (Lipinski definition) is 1. The highest BCUT2D eigenvalue weighted by atomic mass is 16.2. The lowest BCUT2D eigenvalue weighted by molar-refractivity contribution is -0.140. The summed E-state index contributed by atoms with van der Waals surface area (Å²) in [6.07, 6.45) is 3.03. The summed E-state index contributed by atoms with van der Waals surface area (Å²) in [6.45, 7) is 9.10. The Balaban J connectivity index is 2.11. The smallest absolute Gasteiger partial charge is 0.242 e. The van der Waals surface area contributed by atoms with Gasteiger partial charge >= 0.3 is 0 Å². The van der Waals surface area contributed by atoms with Crippen molar-refractivity contribution in [3.63, 3.8) is 0 Å². The highest BCUT2D eigenvalue weighted by Crippen LogP contribution is 2.16. The van der Waals surface area contributed by atoms with E-state index in [1.807, 2.05) is 38.1 Å². The van der Waals surface area contributed by atoms with Crippen LogP contribution in [0.15, 0.2) is 48.5 Å². The van der Waals surface area contributed by atoms with E-state index in [4.69, 9.17) is 0 Å². The van der Waals surface area contributed by atoms with Crippen molar-refractivity contribution in [3.05, 3.63) is 70.8 Å². The minimum Gasteiger partial charge on any atom is -0.354 e. The molecule has 1 unspecified atom stereocenters. The second kappa shape index (κ2) is 11.4. The molecule has 2 aromatic rings. The zero-order valence-electron chi connectivity index (χ0n) is 18.2. The lowest BCUT2D eigenvalue weighted by Crippen LogP contribution is -2.48. The van der Waals surface area contributed by atoms with Crippen LogP contribution in [0.25, 0.3) is 0 Å². The van der Waals surface area contributed by atoms with Gasteiger partial charge in [-0.3, -0.25) is 9.59 Å². The largest absolute Gasteiger partial charge is 0.354 e. The van der Waals surface area contributed by atoms with Crippen LogP contribution in [-0.2, 0) is 22.6 Å². The average molecular weight is 395 g/mol. The minimum atomic E-state index is -0.503. The van der Waals surface area contributed by atoms with E-state index in [0.717, 1.165) is 29.5 Å². The molecule has 0 bridgehead atoms. The molecule has 1 N–H and O–H groups in total. The fourth-order valence-corrected chi connectivity index (χ4v) is 3.24. The lowest BCUT2D eigenvalue weighted by atomic mass is 10.0. The Morgan fingerprint density at radius 3 is 2.38 bits per heavy atom. The molecule has 1 atom stereocenters. The van der Waals surface area contributed by atoms with Crippen molar-refractivity contribution in [1.82, 2.24) is 10.2 Å². The van der Waals surface area contributed by atoms with E-state index in [1.165, 1.54) is 5.56 Å². The SMILES string of the molecule is CCCCNC(=O)C(C)N(Cc1ccccc1C)C(=O)CCc1ccc(C)cc1. The van der Waals surface area contributed by atoms with Gasteiger partial charge in [0, 0.05) is 19.5 Å². The maximum absolute atomic E-state index is 13.1. The number of amides is 2. The third-order valence-electron chi connectivity index (χ3n) is 5.35. The van der Waals surface area contributed by atoms with Gasteiger partial charge in [-0.2, -0.15) is 0 Å². The summed E-state index contributed by atoms with van der Waals surface area (Å²) in [5.41, 5.74) is 4.55. The molecule has 0 radical (unpaired) electrons. The summed E-state index contributed by atoms with van der Waals surface area (Å²) in [5, 5.41) is 2.97. The first-order chi connectivity index (χ1) is 13.9. The molecule has 2 amide bonds. The summed E-state index contributed by atoms with van der Waals surface area (Å²) in [4.78, 5) is 27.5. The first-order valence-corrected chi connectivity index (χ1v) is 10.6. The summed E-state index contributed by atoms with van der Waals surface area (Å²) >= 11 is 0. The van der Waals surface area contributed by atoms with Crippen LogP contribution in [0.5, 0.6) is 0 Å². The zero-order chi connectivity index (χ0) is 21.2. The van der Waals surface area contributed by atoms with E-state index < -0.39 is 6.04 Å². The lowest BCUT2D eigenvalue weighted by Gasteiger charge is -2.29. The van der Waals surface area contributed by atoms with Crippen molar-refractivity contribution >= 4 is 11.8 Å². The van der Waals surface area contributed by atoms with E-state index >= 15 is 0 Å². The zero-order valence-corrected chi connectivity index (χ0v) is 18.2. The summed E-state index contributed by atoms with van der Waals surface area (Å²) in [6, 6.07) is 15.8. The van der Waals surface area contributed by atoms with Crippen LogP contribution >= 0.6 is 0 Å². The van der Waals surface area contributed by atoms with Gasteiger partial charge in [0.1, 0.15) is 6.04 Å². The molecule has 0 aliphatic rings. The predicted molar refractivity (Wildman–Crippen MR) is 119 cm³/mol. The molecule has 2 aromatic carbocycles. The molecular weight excluding hydrogens is 360 g/mol. The van der Waals surface area contributed by atoms with E-state index in [2.05, 4.69) is 43.4 Å². The van der Waals surface area contributed by atoms with E-state index in [9.17, 15) is 9.59 Å². The summed E-state index contributed by atoms with van der Waals surface area (Å²) in [5.74, 6) is -0.0808. The van der Waals surface area contributed by atoms with Crippen LogP contribution in [0.2, 0.25) is 0 Å². The number of carbonyl (C=O) groups excluding carboxylic acids is 2. The van der Waals surface area contributed by atoms with Gasteiger partial charge in [-0.15, -0.1) is 0 Å². The molecule has 0 aliphatic carbocycles. The Labute approximate surface area is 175 Å². The van der Waals surface area contributed by atoms with E-state index in [1.54, 1.807) is 4.90 Å². The Hall–Kier alpha value is -2.62. The van der Waals surface area contributed by atoms with Crippen LogP contribution in [0.4, 0.5) is 0 Å². The van der Waals surface area contributed by atoms with Crippen molar-refractivity contribution in [1.29, 1.82) is 0 Å². The Kier molecular flexibility index (Phi) is 8.91. The number of aryl methyl sites for hydroxylation is 3. The molecule has 29 heavy (non-hydrogen) atoms. The van der Waals surface area contributed by atoms with Crippen LogP contribution in [0.1, 0.15) is 55.4 Å². The van der Waals surface area contributed by atoms with Crippen LogP contribution in [0, 0.1) is 13.8 Å². The molecule has 4 heteroatoms. The molecule has 156 valence electrons. The molecule has 0 saturated carbocycles. The van der Waals surface area contributed by atoms with Gasteiger partial charge in [0.15, 0.2) is 0 Å². The predicted octanol–water partition coefficient (Wildman–Crippen LogP) is 4.57. The number of unbranched alkanes of at least 4 members (excludes halogenated alkanes) is 1. The maximum atomic E-state index is 13.1. The van der Waals surface area contributed by atoms with Crippen molar-refractivity contribution in [2.24, 2.45) is 0 Å². The van der Waals surface area contributed by atoms with Gasteiger partial charge in [0.25, 0.3) is 0 Å². The molecule has 0 spiro atoms. The highest BCUT2D eigenvalue weighted by molar-refractivity contribution is 5.87. The molecule has 0 heterocycles. The fourth-order valence-electron chi connectivity index (χ4n) is 3.24. The number of nitrogens with zero attached hydrogens (tertiary/aromatic N) is 1. The first-order valence-electron chi connectivity index (χ1n) is 10.6. The number of rotatable bonds is 10. The quantitative estimate of drug-likeness (QED) is 0.600. The van der Waals surface area contributed by atoms with Crippen molar-refractivity contribution in [2.45, 2.75) is 66.0 Å². The average Bonchev–Trinajstić information content (AvgIpc) is 2.72. The molecule has 0 fully saturated rings. The number of benzene rings is 2. The van der Waals surface area contributed by atoms with Gasteiger partial charge < -0.3 is 10.2 Å². The topological polar surface area (TPSA) is 49.4 Å². The van der Waals surface area contributed by atoms with Crippen molar-refractivity contribution in [3.8, 4) is 0 Å². The maximum Gasteiger partial charge on any atom is 0.242 e. The van der Waals surface area contributed by atoms with Crippen molar-refractivity contribution < 1.29 is 9.59 Å². The Morgan fingerprint density at radius 2 is 1.72 bits per heavy atom. The van der Waals surface area contributed by atoms with Gasteiger partial charge in [-0.1, -0.05) is 67.4 Å². The van der Waals surface area contributed by atoms with Gasteiger partial charge in [0.2, 0.25) is 11.8 Å². The number of carbonyl (C=O) groups is 2. The third kappa shape index (κ3) is 7.04. The molecular formula is C25H34N2O2.